The van der Waals surface area contributed by atoms with Gasteiger partial charge in [0, 0.05) is 16.1 Å². The molecule has 0 amide bonds. The van der Waals surface area contributed by atoms with Crippen LogP contribution in [0.1, 0.15) is 0 Å². The van der Waals surface area contributed by atoms with E-state index in [9.17, 15) is 4.39 Å². The maximum absolute atomic E-state index is 12.8. The summed E-state index contributed by atoms with van der Waals surface area (Å²) in [5.74, 6) is -0.0421. The monoisotopic (exact) mass is 257 g/mol. The van der Waals surface area contributed by atoms with Crippen LogP contribution in [-0.4, -0.2) is 4.98 Å². The van der Waals surface area contributed by atoms with Gasteiger partial charge in [0.2, 0.25) is 11.8 Å². The second kappa shape index (κ2) is 4.68. The van der Waals surface area contributed by atoms with Crippen molar-refractivity contribution in [1.29, 1.82) is 0 Å². The molecule has 0 saturated heterocycles. The highest BCUT2D eigenvalue weighted by Crippen LogP contribution is 2.27. The van der Waals surface area contributed by atoms with Crippen LogP contribution in [0.3, 0.4) is 0 Å². The lowest BCUT2D eigenvalue weighted by Gasteiger charge is -2.05. The lowest BCUT2D eigenvalue weighted by Crippen LogP contribution is -1.89. The van der Waals surface area contributed by atoms with Gasteiger partial charge in [-0.3, -0.25) is 0 Å². The normalized spacial score (nSPS) is 10.2. The fraction of sp³-hybridized carbons (Fsp3) is 0. The maximum Gasteiger partial charge on any atom is 0.221 e. The predicted octanol–water partition coefficient (Wildman–Crippen LogP) is 4.32. The van der Waals surface area contributed by atoms with E-state index in [1.54, 1.807) is 18.2 Å². The Labute approximate surface area is 102 Å². The van der Waals surface area contributed by atoms with E-state index in [4.69, 9.17) is 27.9 Å². The van der Waals surface area contributed by atoms with Crippen LogP contribution in [0.4, 0.5) is 4.39 Å². The number of hydrogen-bond donors (Lipinski definition) is 0. The number of ether oxygens (including phenoxy) is 1. The molecule has 1 aromatic heterocycles. The summed E-state index contributed by atoms with van der Waals surface area (Å²) in [6.07, 6.45) is 0. The summed E-state index contributed by atoms with van der Waals surface area (Å²) in [4.78, 5) is 3.55. The SMILES string of the molecule is Fc1cccc(Oc2cc(Cl)cc(Cl)c2)n1. The molecule has 0 radical (unpaired) electrons. The zero-order chi connectivity index (χ0) is 11.5. The summed E-state index contributed by atoms with van der Waals surface area (Å²) in [5, 5.41) is 0.887. The van der Waals surface area contributed by atoms with Crippen LogP contribution in [0.2, 0.25) is 10.0 Å². The average molecular weight is 258 g/mol. The number of hydrogen-bond acceptors (Lipinski definition) is 2. The van der Waals surface area contributed by atoms with Gasteiger partial charge in [0.15, 0.2) is 0 Å². The van der Waals surface area contributed by atoms with Crippen molar-refractivity contribution in [3.05, 3.63) is 52.4 Å². The lowest BCUT2D eigenvalue weighted by molar-refractivity contribution is 0.445. The van der Waals surface area contributed by atoms with Crippen molar-refractivity contribution >= 4 is 23.2 Å². The molecular formula is C11H6Cl2FNO. The quantitative estimate of drug-likeness (QED) is 0.748. The summed E-state index contributed by atoms with van der Waals surface area (Å²) >= 11 is 11.6. The van der Waals surface area contributed by atoms with Gasteiger partial charge in [-0.1, -0.05) is 29.3 Å². The van der Waals surface area contributed by atoms with E-state index in [0.717, 1.165) is 0 Å². The third kappa shape index (κ3) is 2.84. The van der Waals surface area contributed by atoms with Crippen LogP contribution >= 0.6 is 23.2 Å². The van der Waals surface area contributed by atoms with Crippen molar-refractivity contribution in [2.45, 2.75) is 0 Å². The zero-order valence-corrected chi connectivity index (χ0v) is 9.47. The molecule has 0 bridgehead atoms. The number of aromatic nitrogens is 1. The molecule has 0 fully saturated rings. The molecule has 82 valence electrons. The highest BCUT2D eigenvalue weighted by Gasteiger charge is 2.02. The van der Waals surface area contributed by atoms with Crippen LogP contribution in [0, 0.1) is 5.95 Å². The van der Waals surface area contributed by atoms with E-state index in [0.29, 0.717) is 15.8 Å². The largest absolute Gasteiger partial charge is 0.439 e. The molecule has 0 spiro atoms. The molecular weight excluding hydrogens is 252 g/mol. The Morgan fingerprint density at radius 2 is 1.75 bits per heavy atom. The van der Waals surface area contributed by atoms with Crippen LogP contribution < -0.4 is 4.74 Å². The Morgan fingerprint density at radius 3 is 2.38 bits per heavy atom. The first kappa shape index (κ1) is 11.2. The minimum Gasteiger partial charge on any atom is -0.439 e. The summed E-state index contributed by atoms with van der Waals surface area (Å²) in [5.41, 5.74) is 0. The van der Waals surface area contributed by atoms with Gasteiger partial charge < -0.3 is 4.74 Å². The Balaban J connectivity index is 2.27. The van der Waals surface area contributed by atoms with Gasteiger partial charge in [-0.2, -0.15) is 9.37 Å². The Hall–Kier alpha value is -1.32. The standard InChI is InChI=1S/C11H6Cl2FNO/c12-7-4-8(13)6-9(5-7)16-11-3-1-2-10(14)15-11/h1-6H. The summed E-state index contributed by atoms with van der Waals surface area (Å²) in [7, 11) is 0. The van der Waals surface area contributed by atoms with Gasteiger partial charge in [0.25, 0.3) is 0 Å². The van der Waals surface area contributed by atoms with Crippen molar-refractivity contribution in [3.63, 3.8) is 0 Å². The van der Waals surface area contributed by atoms with E-state index in [1.807, 2.05) is 0 Å². The molecule has 5 heteroatoms. The van der Waals surface area contributed by atoms with E-state index in [-0.39, 0.29) is 5.88 Å². The number of halogens is 3. The molecule has 0 N–H and O–H groups in total. The van der Waals surface area contributed by atoms with E-state index < -0.39 is 5.95 Å². The van der Waals surface area contributed by atoms with E-state index in [2.05, 4.69) is 4.98 Å². The lowest BCUT2D eigenvalue weighted by atomic mass is 10.3. The highest BCUT2D eigenvalue weighted by atomic mass is 35.5. The zero-order valence-electron chi connectivity index (χ0n) is 7.95. The second-order valence-corrected chi connectivity index (χ2v) is 3.88. The molecule has 2 rings (SSSR count). The van der Waals surface area contributed by atoms with E-state index >= 15 is 0 Å². The number of benzene rings is 1. The van der Waals surface area contributed by atoms with Gasteiger partial charge in [-0.05, 0) is 24.3 Å². The van der Waals surface area contributed by atoms with Gasteiger partial charge in [-0.25, -0.2) is 0 Å². The summed E-state index contributed by atoms with van der Waals surface area (Å²) in [6.45, 7) is 0. The van der Waals surface area contributed by atoms with Crippen molar-refractivity contribution in [2.24, 2.45) is 0 Å². The van der Waals surface area contributed by atoms with Gasteiger partial charge in [0.05, 0.1) is 0 Å². The minimum atomic E-state index is -0.606. The van der Waals surface area contributed by atoms with Crippen molar-refractivity contribution < 1.29 is 9.13 Å². The first-order valence-electron chi connectivity index (χ1n) is 4.40. The van der Waals surface area contributed by atoms with Crippen molar-refractivity contribution in [3.8, 4) is 11.6 Å². The molecule has 0 unspecified atom stereocenters. The van der Waals surface area contributed by atoms with Gasteiger partial charge in [-0.15, -0.1) is 0 Å². The van der Waals surface area contributed by atoms with Crippen molar-refractivity contribution in [2.75, 3.05) is 0 Å². The molecule has 16 heavy (non-hydrogen) atoms. The molecule has 1 heterocycles. The third-order valence-corrected chi connectivity index (χ3v) is 2.18. The fourth-order valence-electron chi connectivity index (χ4n) is 1.15. The molecule has 0 aliphatic carbocycles. The molecule has 2 nitrogen and oxygen atoms in total. The number of nitrogens with zero attached hydrogens (tertiary/aromatic N) is 1. The third-order valence-electron chi connectivity index (χ3n) is 1.75. The Morgan fingerprint density at radius 1 is 1.06 bits per heavy atom. The smallest absolute Gasteiger partial charge is 0.221 e. The Kier molecular flexibility index (Phi) is 3.27. The van der Waals surface area contributed by atoms with Gasteiger partial charge in [0.1, 0.15) is 5.75 Å². The molecule has 1 aromatic carbocycles. The fourth-order valence-corrected chi connectivity index (χ4v) is 1.66. The topological polar surface area (TPSA) is 22.1 Å². The minimum absolute atomic E-state index is 0.151. The molecule has 0 atom stereocenters. The maximum atomic E-state index is 12.8. The second-order valence-electron chi connectivity index (χ2n) is 3.01. The predicted molar refractivity (Wildman–Crippen MR) is 60.7 cm³/mol. The number of pyridine rings is 1. The van der Waals surface area contributed by atoms with Crippen LogP contribution in [0.15, 0.2) is 36.4 Å². The molecule has 2 aromatic rings. The van der Waals surface area contributed by atoms with Crippen LogP contribution in [0.5, 0.6) is 11.6 Å². The van der Waals surface area contributed by atoms with Crippen molar-refractivity contribution in [1.82, 2.24) is 4.98 Å². The average Bonchev–Trinajstić information content (AvgIpc) is 2.15. The first-order valence-corrected chi connectivity index (χ1v) is 5.15. The first-order chi connectivity index (χ1) is 7.63. The van der Waals surface area contributed by atoms with Crippen LogP contribution in [0.25, 0.3) is 0 Å². The highest BCUT2D eigenvalue weighted by molar-refractivity contribution is 6.34. The molecule has 0 aliphatic heterocycles. The van der Waals surface area contributed by atoms with Gasteiger partial charge >= 0.3 is 0 Å². The molecule has 0 saturated carbocycles. The van der Waals surface area contributed by atoms with E-state index in [1.165, 1.54) is 18.2 Å². The summed E-state index contributed by atoms with van der Waals surface area (Å²) in [6, 6.07) is 8.99. The summed E-state index contributed by atoms with van der Waals surface area (Å²) < 4.78 is 18.1. The molecule has 0 aliphatic rings. The Bertz CT molecular complexity index is 499. The van der Waals surface area contributed by atoms with Crippen LogP contribution in [-0.2, 0) is 0 Å². The number of rotatable bonds is 2.